The maximum Gasteiger partial charge on any atom is 0.317 e. The van der Waals surface area contributed by atoms with Gasteiger partial charge in [0.15, 0.2) is 0 Å². The second-order valence-corrected chi connectivity index (χ2v) is 10.3. The fourth-order valence-corrected chi connectivity index (χ4v) is 6.18. The number of hydrogen-bond donors (Lipinski definition) is 2. The van der Waals surface area contributed by atoms with Crippen LogP contribution in [0.15, 0.2) is 23.2 Å². The highest BCUT2D eigenvalue weighted by atomic mass is 32.2. The fourth-order valence-electron chi connectivity index (χ4n) is 5.21. The molecular formula is C23H34N4OS. The molecule has 5 nitrogen and oxygen atoms in total. The molecule has 2 heterocycles. The van der Waals surface area contributed by atoms with E-state index in [9.17, 15) is 4.79 Å². The van der Waals surface area contributed by atoms with Crippen LogP contribution in [0.3, 0.4) is 0 Å². The second kappa shape index (κ2) is 8.23. The quantitative estimate of drug-likeness (QED) is 0.712. The lowest BCUT2D eigenvalue weighted by atomic mass is 9.74. The topological polar surface area (TPSA) is 51.4 Å². The van der Waals surface area contributed by atoms with E-state index in [-0.39, 0.29) is 12.1 Å². The van der Waals surface area contributed by atoms with Crippen LogP contribution in [0.1, 0.15) is 51.2 Å². The summed E-state index contributed by atoms with van der Waals surface area (Å²) in [7, 11) is 2.22. The highest BCUT2D eigenvalue weighted by Gasteiger charge is 2.41. The molecule has 1 fully saturated rings. The van der Waals surface area contributed by atoms with E-state index in [1.54, 1.807) is 0 Å². The van der Waals surface area contributed by atoms with Gasteiger partial charge in [-0.25, -0.2) is 4.79 Å². The fraction of sp³-hybridized carbons (Fsp3) is 0.609. The van der Waals surface area contributed by atoms with Gasteiger partial charge < -0.3 is 20.1 Å². The molecule has 1 aromatic heterocycles. The van der Waals surface area contributed by atoms with Crippen molar-refractivity contribution in [3.8, 4) is 0 Å². The molecule has 2 N–H and O–H groups in total. The van der Waals surface area contributed by atoms with Gasteiger partial charge in [0.1, 0.15) is 0 Å². The third kappa shape index (κ3) is 3.77. The Balaban J connectivity index is 1.64. The van der Waals surface area contributed by atoms with Crippen molar-refractivity contribution >= 4 is 28.7 Å². The third-order valence-corrected chi connectivity index (χ3v) is 7.60. The highest BCUT2D eigenvalue weighted by Crippen LogP contribution is 2.46. The minimum Gasteiger partial charge on any atom is -0.349 e. The number of nitrogens with one attached hydrogen (secondary N) is 2. The van der Waals surface area contributed by atoms with Crippen LogP contribution in [-0.2, 0) is 6.42 Å². The van der Waals surface area contributed by atoms with Gasteiger partial charge in [0.05, 0.1) is 5.03 Å². The SMILES string of the molecule is CCN(CC)C(=O)N[C@H]1CC2c3cccc4[nH]c(SC(C)C)c(c34)C[C@H]2N(C)C1. The zero-order chi connectivity index (χ0) is 20.7. The van der Waals surface area contributed by atoms with Gasteiger partial charge in [-0.05, 0) is 50.9 Å². The first-order valence-corrected chi connectivity index (χ1v) is 11.9. The first kappa shape index (κ1) is 20.6. The summed E-state index contributed by atoms with van der Waals surface area (Å²) in [4.78, 5) is 20.7. The lowest BCUT2D eigenvalue weighted by Crippen LogP contribution is -2.56. The number of urea groups is 1. The van der Waals surface area contributed by atoms with Crippen LogP contribution in [0, 0.1) is 0 Å². The van der Waals surface area contributed by atoms with Crippen molar-refractivity contribution in [1.82, 2.24) is 20.1 Å². The molecule has 1 aliphatic carbocycles. The molecule has 3 atom stereocenters. The molecule has 0 radical (unpaired) electrons. The number of aromatic nitrogens is 1. The number of aromatic amines is 1. The summed E-state index contributed by atoms with van der Waals surface area (Å²) < 4.78 is 0. The number of amides is 2. The first-order chi connectivity index (χ1) is 13.9. The molecule has 0 saturated carbocycles. The van der Waals surface area contributed by atoms with Crippen LogP contribution in [0.25, 0.3) is 10.9 Å². The van der Waals surface area contributed by atoms with Crippen molar-refractivity contribution in [3.63, 3.8) is 0 Å². The molecule has 29 heavy (non-hydrogen) atoms. The molecule has 2 amide bonds. The predicted octanol–water partition coefficient (Wildman–Crippen LogP) is 4.43. The van der Waals surface area contributed by atoms with Gasteiger partial charge in [-0.3, -0.25) is 0 Å². The molecule has 0 spiro atoms. The van der Waals surface area contributed by atoms with Crippen LogP contribution in [0.2, 0.25) is 0 Å². The van der Waals surface area contributed by atoms with E-state index < -0.39 is 0 Å². The van der Waals surface area contributed by atoms with Gasteiger partial charge in [-0.1, -0.05) is 26.0 Å². The van der Waals surface area contributed by atoms with Gasteiger partial charge in [0, 0.05) is 53.8 Å². The Hall–Kier alpha value is -1.66. The number of likely N-dealkylation sites (N-methyl/N-ethyl adjacent to an activating group) is 1. The number of H-pyrrole nitrogens is 1. The average Bonchev–Trinajstić information content (AvgIpc) is 3.01. The number of fused-ring (bicyclic) bond motifs is 2. The molecule has 6 heteroatoms. The van der Waals surface area contributed by atoms with E-state index in [4.69, 9.17) is 0 Å². The summed E-state index contributed by atoms with van der Waals surface area (Å²) in [6.45, 7) is 11.0. The van der Waals surface area contributed by atoms with Crippen molar-refractivity contribution in [2.45, 2.75) is 68.8 Å². The van der Waals surface area contributed by atoms with Crippen molar-refractivity contribution in [2.24, 2.45) is 0 Å². The average molecular weight is 415 g/mol. The summed E-state index contributed by atoms with van der Waals surface area (Å²) in [5.41, 5.74) is 4.21. The van der Waals surface area contributed by atoms with Crippen molar-refractivity contribution in [1.29, 1.82) is 0 Å². The zero-order valence-corrected chi connectivity index (χ0v) is 19.1. The normalized spacial score (nSPS) is 24.0. The summed E-state index contributed by atoms with van der Waals surface area (Å²) in [6, 6.07) is 7.45. The van der Waals surface area contributed by atoms with E-state index in [2.05, 4.69) is 54.3 Å². The van der Waals surface area contributed by atoms with Gasteiger partial charge in [-0.15, -0.1) is 11.8 Å². The van der Waals surface area contributed by atoms with E-state index in [1.165, 1.54) is 27.1 Å². The Kier molecular flexibility index (Phi) is 5.85. The number of rotatable bonds is 5. The van der Waals surface area contributed by atoms with Crippen molar-refractivity contribution < 1.29 is 4.79 Å². The Bertz CT molecular complexity index is 888. The summed E-state index contributed by atoms with van der Waals surface area (Å²) >= 11 is 1.94. The predicted molar refractivity (Wildman–Crippen MR) is 122 cm³/mol. The smallest absolute Gasteiger partial charge is 0.317 e. The molecule has 2 aliphatic rings. The number of carbonyl (C=O) groups is 1. The van der Waals surface area contributed by atoms with Crippen LogP contribution in [-0.4, -0.2) is 64.8 Å². The molecule has 2 aromatic rings. The largest absolute Gasteiger partial charge is 0.349 e. The van der Waals surface area contributed by atoms with Crippen LogP contribution in [0.4, 0.5) is 4.79 Å². The number of benzene rings is 1. The van der Waals surface area contributed by atoms with E-state index >= 15 is 0 Å². The highest BCUT2D eigenvalue weighted by molar-refractivity contribution is 7.99. The molecule has 158 valence electrons. The van der Waals surface area contributed by atoms with Gasteiger partial charge in [-0.2, -0.15) is 0 Å². The van der Waals surface area contributed by atoms with Crippen LogP contribution in [0.5, 0.6) is 0 Å². The maximum atomic E-state index is 12.6. The van der Waals surface area contributed by atoms with E-state index in [0.29, 0.717) is 17.2 Å². The zero-order valence-electron chi connectivity index (χ0n) is 18.3. The maximum absolute atomic E-state index is 12.6. The number of nitrogens with zero attached hydrogens (tertiary/aromatic N) is 2. The number of carbonyl (C=O) groups excluding carboxylic acids is 1. The van der Waals surface area contributed by atoms with Crippen LogP contribution < -0.4 is 5.32 Å². The molecule has 1 aliphatic heterocycles. The minimum atomic E-state index is 0.0684. The van der Waals surface area contributed by atoms with Gasteiger partial charge >= 0.3 is 6.03 Å². The number of piperidine rings is 1. The van der Waals surface area contributed by atoms with Gasteiger partial charge in [0.2, 0.25) is 0 Å². The van der Waals surface area contributed by atoms with Gasteiger partial charge in [0.25, 0.3) is 0 Å². The Labute approximate surface area is 178 Å². The number of likely N-dealkylation sites (tertiary alicyclic amines) is 1. The molecule has 0 bridgehead atoms. The first-order valence-electron chi connectivity index (χ1n) is 11.0. The standard InChI is InChI=1S/C23H34N4OS/c1-6-27(7-2)23(28)24-15-11-17-16-9-8-10-19-21(16)18(12-20(17)26(5)13-15)22(25-19)29-14(3)4/h8-10,14-15,17,20,25H,6-7,11-13H2,1-5H3,(H,24,28)/t15-,17?,20+/m0/s1. The Morgan fingerprint density at radius 2 is 2.10 bits per heavy atom. The second-order valence-electron chi connectivity index (χ2n) is 8.74. The molecule has 4 rings (SSSR count). The Morgan fingerprint density at radius 3 is 2.79 bits per heavy atom. The summed E-state index contributed by atoms with van der Waals surface area (Å²) in [5, 5.41) is 6.64. The minimum absolute atomic E-state index is 0.0684. The summed E-state index contributed by atoms with van der Waals surface area (Å²) in [5.74, 6) is 0.458. The van der Waals surface area contributed by atoms with E-state index in [0.717, 1.165) is 32.5 Å². The molecule has 1 aromatic carbocycles. The number of hydrogen-bond acceptors (Lipinski definition) is 3. The Morgan fingerprint density at radius 1 is 1.34 bits per heavy atom. The monoisotopic (exact) mass is 414 g/mol. The molecule has 1 unspecified atom stereocenters. The number of thioether (sulfide) groups is 1. The van der Waals surface area contributed by atoms with Crippen LogP contribution >= 0.6 is 11.8 Å². The summed E-state index contributed by atoms with van der Waals surface area (Å²) in [6.07, 6.45) is 2.10. The lowest BCUT2D eigenvalue weighted by Gasteiger charge is -2.46. The van der Waals surface area contributed by atoms with E-state index in [1.807, 2.05) is 30.5 Å². The third-order valence-electron chi connectivity index (χ3n) is 6.54. The molecule has 1 saturated heterocycles. The molecular weight excluding hydrogens is 380 g/mol. The lowest BCUT2D eigenvalue weighted by molar-refractivity contribution is 0.123. The van der Waals surface area contributed by atoms with Crippen molar-refractivity contribution in [2.75, 3.05) is 26.7 Å². The van der Waals surface area contributed by atoms with Crippen molar-refractivity contribution in [3.05, 3.63) is 29.3 Å².